The third kappa shape index (κ3) is 3.77. The maximum Gasteiger partial charge on any atom is 0.277 e. The van der Waals surface area contributed by atoms with Gasteiger partial charge < -0.3 is 15.2 Å². The largest absolute Gasteiger partial charge is 0.584 e. The monoisotopic (exact) mass is 430 g/mol. The standard InChI is InChI=1S/C20H22N2O2.4Al/c1-19(2)11-20(3,12-6-7-17(23-4)15(21)8-12)14-10-18(24-5)16(22)9-13(14)19;;;;/h6-10H,11H2,1-5H3;;;;. The Kier molecular flexibility index (Phi) is 6.52. The van der Waals surface area contributed by atoms with Gasteiger partial charge in [0.2, 0.25) is 0 Å². The van der Waals surface area contributed by atoms with Crippen molar-refractivity contribution in [3.8, 4) is 11.5 Å². The highest BCUT2D eigenvalue weighted by Gasteiger charge is 2.46. The Morgan fingerprint density at radius 2 is 1.36 bits per heavy atom. The number of benzene rings is 2. The zero-order chi connectivity index (χ0) is 20.9. The van der Waals surface area contributed by atoms with E-state index in [9.17, 15) is 0 Å². The summed E-state index contributed by atoms with van der Waals surface area (Å²) in [6, 6.07) is 10.9. The van der Waals surface area contributed by atoms with Gasteiger partial charge >= 0.3 is 0 Å². The van der Waals surface area contributed by atoms with Gasteiger partial charge in [-0.1, -0.05) is 26.8 Å². The van der Waals surface area contributed by atoms with Crippen LogP contribution < -0.4 is 15.2 Å². The number of hydrogen-bond acceptors (Lipinski definition) is 4. The molecule has 8 heteroatoms. The third-order valence-electron chi connectivity index (χ3n) is 5.81. The second-order valence-electron chi connectivity index (χ2n) is 8.16. The zero-order valence-corrected chi connectivity index (χ0v) is 21.7. The summed E-state index contributed by atoms with van der Waals surface area (Å²) >= 11 is 10.8. The van der Waals surface area contributed by atoms with E-state index in [4.69, 9.17) is 9.47 Å². The van der Waals surface area contributed by atoms with E-state index in [-0.39, 0.29) is 10.8 Å². The summed E-state index contributed by atoms with van der Waals surface area (Å²) in [5, 5.41) is 0. The summed E-state index contributed by atoms with van der Waals surface area (Å²) in [7, 11) is 3.43. The van der Waals surface area contributed by atoms with Crippen LogP contribution in [0, 0.1) is 0 Å². The van der Waals surface area contributed by atoms with Crippen LogP contribution in [0.3, 0.4) is 0 Å². The fourth-order valence-corrected chi connectivity index (χ4v) is 5.32. The van der Waals surface area contributed by atoms with Gasteiger partial charge in [0, 0.05) is 16.8 Å². The van der Waals surface area contributed by atoms with Crippen LogP contribution in [0.5, 0.6) is 11.5 Å². The van der Waals surface area contributed by atoms with Crippen LogP contribution in [0.25, 0.3) is 0 Å². The number of hydrogen-bond donors (Lipinski definition) is 0. The topological polar surface area (TPSA) is 24.9 Å². The average Bonchev–Trinajstić information content (AvgIpc) is 2.86. The highest BCUT2D eigenvalue weighted by Crippen LogP contribution is 2.55. The first-order valence-electron chi connectivity index (χ1n) is 9.05. The molecule has 2 aromatic rings. The van der Waals surface area contributed by atoms with Gasteiger partial charge in [-0.15, -0.1) is 0 Å². The number of anilines is 2. The molecule has 0 aliphatic heterocycles. The van der Waals surface area contributed by atoms with Crippen molar-refractivity contribution >= 4 is 77.4 Å². The van der Waals surface area contributed by atoms with Gasteiger partial charge in [-0.25, -0.2) is 0 Å². The van der Waals surface area contributed by atoms with Crippen molar-refractivity contribution in [3.63, 3.8) is 0 Å². The SMILES string of the molecule is COc1ccc(C2(C)CC(C)(C)c3cc([N]([Al])[Al])c(OC)cc32)cc1[N]([Al])[Al]. The van der Waals surface area contributed by atoms with Crippen molar-refractivity contribution in [2.45, 2.75) is 38.0 Å². The van der Waals surface area contributed by atoms with Gasteiger partial charge in [0.1, 0.15) is 11.5 Å². The maximum atomic E-state index is 5.72. The number of rotatable bonds is 5. The molecule has 28 heavy (non-hydrogen) atoms. The van der Waals surface area contributed by atoms with Gasteiger partial charge in [-0.05, 0) is 52.8 Å². The van der Waals surface area contributed by atoms with Gasteiger partial charge in [-0.3, -0.25) is 0 Å². The molecule has 0 saturated heterocycles. The fourth-order valence-electron chi connectivity index (χ4n) is 4.52. The lowest BCUT2D eigenvalue weighted by atomic mass is 9.75. The highest BCUT2D eigenvalue weighted by atomic mass is 27.1. The molecule has 136 valence electrons. The van der Waals surface area contributed by atoms with E-state index in [1.54, 1.807) is 14.2 Å². The minimum absolute atomic E-state index is 0.0537. The minimum Gasteiger partial charge on any atom is -0.584 e. The van der Waals surface area contributed by atoms with E-state index in [2.05, 4.69) is 117 Å². The van der Waals surface area contributed by atoms with E-state index < -0.39 is 0 Å². The highest BCUT2D eigenvalue weighted by molar-refractivity contribution is 6.42. The van der Waals surface area contributed by atoms with Crippen LogP contribution in [-0.2, 0) is 10.8 Å². The van der Waals surface area contributed by atoms with Crippen LogP contribution in [0.1, 0.15) is 43.9 Å². The van der Waals surface area contributed by atoms with Gasteiger partial charge in [0.05, 0.1) is 14.2 Å². The second-order valence-corrected chi connectivity index (χ2v) is 11.6. The fraction of sp³-hybridized carbons (Fsp3) is 0.400. The van der Waals surface area contributed by atoms with Crippen molar-refractivity contribution in [1.29, 1.82) is 0 Å². The summed E-state index contributed by atoms with van der Waals surface area (Å²) in [6.07, 6.45) is 1.02. The molecule has 0 spiro atoms. The molecule has 1 aliphatic rings. The van der Waals surface area contributed by atoms with E-state index in [1.807, 2.05) is 5.73 Å². The normalized spacial score (nSPS) is 19.8. The zero-order valence-electron chi connectivity index (χ0n) is 17.1. The van der Waals surface area contributed by atoms with Gasteiger partial charge in [0.15, 0.2) is 0 Å². The molecule has 1 unspecified atom stereocenters. The molecule has 0 amide bonds. The number of fused-ring (bicyclic) bond motifs is 1. The van der Waals surface area contributed by atoms with Crippen LogP contribution in [0.15, 0.2) is 30.3 Å². The van der Waals surface area contributed by atoms with Gasteiger partial charge in [-0.2, -0.15) is 0 Å². The molecular weight excluding hydrogens is 408 g/mol. The van der Waals surface area contributed by atoms with Crippen molar-refractivity contribution in [1.82, 2.24) is 0 Å². The first-order valence-corrected chi connectivity index (χ1v) is 11.1. The maximum absolute atomic E-state index is 5.72. The molecule has 1 aliphatic carbocycles. The Labute approximate surface area is 202 Å². The summed E-state index contributed by atoms with van der Waals surface area (Å²) in [4.78, 5) is 0. The number of ether oxygens (including phenoxy) is 2. The summed E-state index contributed by atoms with van der Waals surface area (Å²) in [5.41, 5.74) is 5.96. The number of methoxy groups -OCH3 is 2. The van der Waals surface area contributed by atoms with E-state index >= 15 is 0 Å². The Hall–Kier alpha value is -0.230. The van der Waals surface area contributed by atoms with Crippen LogP contribution in [0.4, 0.5) is 11.4 Å². The molecular formula is C20H22Al4N2O2. The predicted molar refractivity (Wildman–Crippen MR) is 118 cm³/mol. The molecule has 0 bridgehead atoms. The smallest absolute Gasteiger partial charge is 0.277 e. The van der Waals surface area contributed by atoms with E-state index in [1.165, 1.54) is 16.7 Å². The molecule has 2 aromatic carbocycles. The quantitative estimate of drug-likeness (QED) is 0.682. The molecule has 0 fully saturated rings. The first kappa shape index (κ1) is 22.5. The minimum atomic E-state index is -0.121. The lowest BCUT2D eigenvalue weighted by molar-refractivity contribution is 0.410. The lowest BCUT2D eigenvalue weighted by Gasteiger charge is -2.31. The van der Waals surface area contributed by atoms with E-state index in [0.717, 1.165) is 29.3 Å². The van der Waals surface area contributed by atoms with Crippen molar-refractivity contribution in [2.75, 3.05) is 20.0 Å². The third-order valence-corrected chi connectivity index (χ3v) is 6.92. The molecule has 1 atom stereocenters. The average molecular weight is 430 g/mol. The lowest BCUT2D eigenvalue weighted by Crippen LogP contribution is -2.24. The molecule has 0 heterocycles. The van der Waals surface area contributed by atoms with Crippen LogP contribution in [0.2, 0.25) is 0 Å². The second kappa shape index (κ2) is 8.13. The van der Waals surface area contributed by atoms with Gasteiger partial charge in [0.25, 0.3) is 66.0 Å². The molecule has 0 N–H and O–H groups in total. The van der Waals surface area contributed by atoms with E-state index in [0.29, 0.717) is 0 Å². The Morgan fingerprint density at radius 3 is 1.89 bits per heavy atom. The predicted octanol–water partition coefficient (Wildman–Crippen LogP) is 2.64. The summed E-state index contributed by atoms with van der Waals surface area (Å²) < 4.78 is 15.2. The molecule has 4 nitrogen and oxygen atoms in total. The molecule has 0 saturated carbocycles. The Morgan fingerprint density at radius 1 is 0.786 bits per heavy atom. The van der Waals surface area contributed by atoms with Crippen LogP contribution >= 0.6 is 0 Å². The number of nitrogens with zero attached hydrogens (tertiary/aromatic N) is 2. The molecule has 8 radical (unpaired) electrons. The molecule has 3 rings (SSSR count). The van der Waals surface area contributed by atoms with Crippen molar-refractivity contribution in [2.24, 2.45) is 0 Å². The first-order chi connectivity index (χ1) is 13.0. The molecule has 0 aromatic heterocycles. The summed E-state index contributed by atoms with van der Waals surface area (Å²) in [6.45, 7) is 6.98. The Bertz CT molecular complexity index is 902. The Balaban J connectivity index is 2.24. The summed E-state index contributed by atoms with van der Waals surface area (Å²) in [5.74, 6) is 1.73. The van der Waals surface area contributed by atoms with Crippen molar-refractivity contribution in [3.05, 3.63) is 47.0 Å². The van der Waals surface area contributed by atoms with Crippen molar-refractivity contribution < 1.29 is 9.47 Å². The van der Waals surface area contributed by atoms with Crippen LogP contribution in [-0.4, -0.2) is 80.3 Å².